The number of halogens is 3. The SMILES string of the molecule is O=C(O)c1ccc(Cl)cc1OCc1c(F)cccc1F. The van der Waals surface area contributed by atoms with Crippen LogP contribution in [0.3, 0.4) is 0 Å². The van der Waals surface area contributed by atoms with Crippen LogP contribution in [0.2, 0.25) is 5.02 Å². The largest absolute Gasteiger partial charge is 0.488 e. The van der Waals surface area contributed by atoms with Gasteiger partial charge >= 0.3 is 5.97 Å². The van der Waals surface area contributed by atoms with Crippen molar-refractivity contribution >= 4 is 17.6 Å². The van der Waals surface area contributed by atoms with Crippen molar-refractivity contribution in [1.82, 2.24) is 0 Å². The fourth-order valence-corrected chi connectivity index (χ4v) is 1.77. The summed E-state index contributed by atoms with van der Waals surface area (Å²) in [5, 5.41) is 9.25. The van der Waals surface area contributed by atoms with E-state index < -0.39 is 24.2 Å². The molecule has 0 bridgehead atoms. The predicted octanol–water partition coefficient (Wildman–Crippen LogP) is 3.90. The Bertz CT molecular complexity index is 639. The minimum atomic E-state index is -1.22. The molecule has 0 unspecified atom stereocenters. The average Bonchev–Trinajstić information content (AvgIpc) is 2.37. The van der Waals surface area contributed by atoms with E-state index in [0.717, 1.165) is 12.1 Å². The van der Waals surface area contributed by atoms with Gasteiger partial charge in [-0.1, -0.05) is 17.7 Å². The lowest BCUT2D eigenvalue weighted by molar-refractivity contribution is 0.0691. The van der Waals surface area contributed by atoms with Crippen LogP contribution in [0.1, 0.15) is 15.9 Å². The van der Waals surface area contributed by atoms with Crippen molar-refractivity contribution in [3.8, 4) is 5.75 Å². The summed E-state index contributed by atoms with van der Waals surface area (Å²) in [6.45, 7) is -0.431. The highest BCUT2D eigenvalue weighted by Crippen LogP contribution is 2.25. The number of rotatable bonds is 4. The number of carboxylic acid groups (broad SMARTS) is 1. The predicted molar refractivity (Wildman–Crippen MR) is 69.1 cm³/mol. The Morgan fingerprint density at radius 2 is 1.85 bits per heavy atom. The molecule has 3 nitrogen and oxygen atoms in total. The van der Waals surface area contributed by atoms with Gasteiger partial charge in [0.1, 0.15) is 29.6 Å². The van der Waals surface area contributed by atoms with Crippen molar-refractivity contribution in [2.75, 3.05) is 0 Å². The second-order valence-electron chi connectivity index (χ2n) is 3.93. The molecule has 2 aromatic carbocycles. The number of hydrogen-bond donors (Lipinski definition) is 1. The first-order chi connectivity index (χ1) is 9.49. The Balaban J connectivity index is 2.27. The molecule has 0 aliphatic heterocycles. The highest BCUT2D eigenvalue weighted by atomic mass is 35.5. The van der Waals surface area contributed by atoms with Crippen LogP contribution in [0.4, 0.5) is 8.78 Å². The molecule has 0 aliphatic carbocycles. The van der Waals surface area contributed by atoms with Gasteiger partial charge < -0.3 is 9.84 Å². The van der Waals surface area contributed by atoms with Gasteiger partial charge in [0.2, 0.25) is 0 Å². The molecule has 0 radical (unpaired) electrons. The molecule has 2 rings (SSSR count). The van der Waals surface area contributed by atoms with Crippen LogP contribution in [-0.2, 0) is 6.61 Å². The van der Waals surface area contributed by atoms with Crippen LogP contribution < -0.4 is 4.74 Å². The molecule has 20 heavy (non-hydrogen) atoms. The van der Waals surface area contributed by atoms with Gasteiger partial charge in [-0.15, -0.1) is 0 Å². The molecule has 2 aromatic rings. The molecule has 6 heteroatoms. The van der Waals surface area contributed by atoms with Crippen LogP contribution in [0, 0.1) is 11.6 Å². The topological polar surface area (TPSA) is 46.5 Å². The zero-order valence-corrected chi connectivity index (χ0v) is 10.8. The van der Waals surface area contributed by atoms with Gasteiger partial charge in [0, 0.05) is 5.02 Å². The van der Waals surface area contributed by atoms with E-state index in [0.29, 0.717) is 0 Å². The molecular formula is C14H9ClF2O3. The highest BCUT2D eigenvalue weighted by molar-refractivity contribution is 6.30. The molecule has 0 heterocycles. The molecule has 0 atom stereocenters. The number of ether oxygens (including phenoxy) is 1. The Morgan fingerprint density at radius 3 is 2.45 bits per heavy atom. The van der Waals surface area contributed by atoms with E-state index in [2.05, 4.69) is 0 Å². The Hall–Kier alpha value is -2.14. The average molecular weight is 299 g/mol. The van der Waals surface area contributed by atoms with Crippen LogP contribution in [0.15, 0.2) is 36.4 Å². The van der Waals surface area contributed by atoms with E-state index in [1.807, 2.05) is 0 Å². The first kappa shape index (κ1) is 14.3. The smallest absolute Gasteiger partial charge is 0.339 e. The Morgan fingerprint density at radius 1 is 1.20 bits per heavy atom. The van der Waals surface area contributed by atoms with E-state index in [9.17, 15) is 13.6 Å². The third-order valence-electron chi connectivity index (χ3n) is 2.61. The number of hydrogen-bond acceptors (Lipinski definition) is 2. The molecule has 0 aromatic heterocycles. The third-order valence-corrected chi connectivity index (χ3v) is 2.84. The maximum absolute atomic E-state index is 13.4. The second kappa shape index (κ2) is 5.88. The summed E-state index contributed by atoms with van der Waals surface area (Å²) in [6, 6.07) is 7.36. The zero-order chi connectivity index (χ0) is 14.7. The van der Waals surface area contributed by atoms with Gasteiger partial charge in [0.15, 0.2) is 0 Å². The van der Waals surface area contributed by atoms with E-state index in [4.69, 9.17) is 21.4 Å². The summed E-state index contributed by atoms with van der Waals surface area (Å²) in [5.74, 6) is -2.79. The molecule has 0 fully saturated rings. The summed E-state index contributed by atoms with van der Waals surface area (Å²) in [6.07, 6.45) is 0. The quantitative estimate of drug-likeness (QED) is 0.931. The van der Waals surface area contributed by atoms with Crippen LogP contribution in [0.25, 0.3) is 0 Å². The molecule has 0 spiro atoms. The summed E-state index contributed by atoms with van der Waals surface area (Å²) in [7, 11) is 0. The van der Waals surface area contributed by atoms with Gasteiger partial charge in [0.25, 0.3) is 0 Å². The van der Waals surface area contributed by atoms with Crippen LogP contribution in [0.5, 0.6) is 5.75 Å². The lowest BCUT2D eigenvalue weighted by atomic mass is 10.2. The van der Waals surface area contributed by atoms with Gasteiger partial charge in [-0.3, -0.25) is 0 Å². The van der Waals surface area contributed by atoms with Crippen molar-refractivity contribution in [2.45, 2.75) is 6.61 Å². The number of carbonyl (C=O) groups is 1. The third kappa shape index (κ3) is 3.05. The molecule has 0 amide bonds. The fraction of sp³-hybridized carbons (Fsp3) is 0.0714. The maximum Gasteiger partial charge on any atom is 0.339 e. The summed E-state index contributed by atoms with van der Waals surface area (Å²) in [5.41, 5.74) is -0.407. The van der Waals surface area contributed by atoms with Gasteiger partial charge in [-0.25, -0.2) is 13.6 Å². The van der Waals surface area contributed by atoms with E-state index in [1.54, 1.807) is 0 Å². The van der Waals surface area contributed by atoms with Gasteiger partial charge in [0.05, 0.1) is 5.56 Å². The van der Waals surface area contributed by atoms with Crippen molar-refractivity contribution in [3.05, 3.63) is 64.2 Å². The molecule has 104 valence electrons. The summed E-state index contributed by atoms with van der Waals surface area (Å²) >= 11 is 5.74. The van der Waals surface area contributed by atoms with Crippen molar-refractivity contribution < 1.29 is 23.4 Å². The van der Waals surface area contributed by atoms with Crippen molar-refractivity contribution in [1.29, 1.82) is 0 Å². The van der Waals surface area contributed by atoms with E-state index >= 15 is 0 Å². The molecule has 0 saturated heterocycles. The monoisotopic (exact) mass is 298 g/mol. The maximum atomic E-state index is 13.4. The highest BCUT2D eigenvalue weighted by Gasteiger charge is 2.14. The molecule has 0 saturated carbocycles. The first-order valence-corrected chi connectivity index (χ1v) is 5.95. The van der Waals surface area contributed by atoms with Crippen molar-refractivity contribution in [2.24, 2.45) is 0 Å². The summed E-state index contributed by atoms with van der Waals surface area (Å²) in [4.78, 5) is 11.0. The standard InChI is InChI=1S/C14H9ClF2O3/c15-8-4-5-9(14(18)19)13(6-8)20-7-10-11(16)2-1-3-12(10)17/h1-6H,7H2,(H,18,19). The van der Waals surface area contributed by atoms with E-state index in [-0.39, 0.29) is 21.9 Å². The fourth-order valence-electron chi connectivity index (χ4n) is 1.61. The molecule has 1 N–H and O–H groups in total. The number of carboxylic acids is 1. The summed E-state index contributed by atoms with van der Waals surface area (Å²) < 4.78 is 32.0. The molecular weight excluding hydrogens is 290 g/mol. The minimum absolute atomic E-state index is 0.0485. The lowest BCUT2D eigenvalue weighted by Gasteiger charge is -2.10. The van der Waals surface area contributed by atoms with Gasteiger partial charge in [-0.2, -0.15) is 0 Å². The zero-order valence-electron chi connectivity index (χ0n) is 10.1. The van der Waals surface area contributed by atoms with Crippen LogP contribution in [-0.4, -0.2) is 11.1 Å². The van der Waals surface area contributed by atoms with Gasteiger partial charge in [-0.05, 0) is 30.3 Å². The Kier molecular flexibility index (Phi) is 4.20. The van der Waals surface area contributed by atoms with Crippen molar-refractivity contribution in [3.63, 3.8) is 0 Å². The minimum Gasteiger partial charge on any atom is -0.488 e. The number of benzene rings is 2. The second-order valence-corrected chi connectivity index (χ2v) is 4.37. The normalized spacial score (nSPS) is 10.3. The Labute approximate surface area is 118 Å². The first-order valence-electron chi connectivity index (χ1n) is 5.57. The number of aromatic carboxylic acids is 1. The van der Waals surface area contributed by atoms with E-state index in [1.165, 1.54) is 24.3 Å². The van der Waals surface area contributed by atoms with Crippen LogP contribution >= 0.6 is 11.6 Å². The molecule has 0 aliphatic rings. The lowest BCUT2D eigenvalue weighted by Crippen LogP contribution is -2.06.